The highest BCUT2D eigenvalue weighted by atomic mass is 19.1. The van der Waals surface area contributed by atoms with Gasteiger partial charge < -0.3 is 38.6 Å². The van der Waals surface area contributed by atoms with Crippen LogP contribution in [-0.2, 0) is 4.74 Å². The maximum absolute atomic E-state index is 15.7. The lowest BCUT2D eigenvalue weighted by Crippen LogP contribution is -2.43. The van der Waals surface area contributed by atoms with Crippen LogP contribution < -0.4 is 30.0 Å². The van der Waals surface area contributed by atoms with E-state index in [2.05, 4.69) is 29.1 Å². The van der Waals surface area contributed by atoms with Crippen molar-refractivity contribution in [3.8, 4) is 28.6 Å². The maximum atomic E-state index is 15.7. The van der Waals surface area contributed by atoms with E-state index in [1.807, 2.05) is 35.7 Å². The van der Waals surface area contributed by atoms with Gasteiger partial charge in [0.2, 0.25) is 11.8 Å². The number of unbranched alkanes of at least 4 members (excludes halogenated alkanes) is 2. The van der Waals surface area contributed by atoms with Gasteiger partial charge >= 0.3 is 6.09 Å². The fraction of sp³-hybridized carbons (Fsp3) is 0.500. The van der Waals surface area contributed by atoms with Crippen LogP contribution in [0.15, 0.2) is 65.8 Å². The molecule has 1 aromatic carbocycles. The van der Waals surface area contributed by atoms with E-state index < -0.39 is 29.5 Å². The maximum Gasteiger partial charge on any atom is 0.410 e. The SMILES string of the molecule is CCCCOc1ccc(-c2cnc(N3CCC(OC(=O)N4CCC(n5cc6cc(C(=O)Nc7cccn([C@H]8C[C@H]8F)c7=O)c(OC(C)C)cc6n5)CC4)CC3)c(F)c2)c(OCCCC)n1. The number of carbonyl (C=O) groups excluding carboxylic acids is 2. The average molecular weight is 897 g/mol. The number of amides is 2. The van der Waals surface area contributed by atoms with Gasteiger partial charge in [0, 0.05) is 92.7 Å². The number of fused-ring (bicyclic) bond motifs is 1. The van der Waals surface area contributed by atoms with Crippen molar-refractivity contribution in [2.75, 3.05) is 49.6 Å². The van der Waals surface area contributed by atoms with Crippen LogP contribution in [0.1, 0.15) is 108 Å². The minimum atomic E-state index is -1.07. The predicted molar refractivity (Wildman–Crippen MR) is 242 cm³/mol. The first-order chi connectivity index (χ1) is 31.5. The Bertz CT molecular complexity index is 2530. The van der Waals surface area contributed by atoms with Crippen molar-refractivity contribution in [2.45, 2.75) is 116 Å². The Kier molecular flexibility index (Phi) is 14.1. The molecule has 3 fully saturated rings. The number of rotatable bonds is 17. The largest absolute Gasteiger partial charge is 0.490 e. The van der Waals surface area contributed by atoms with Gasteiger partial charge in [-0.05, 0) is 69.9 Å². The number of aromatic nitrogens is 5. The van der Waals surface area contributed by atoms with Crippen molar-refractivity contribution in [2.24, 2.45) is 0 Å². The van der Waals surface area contributed by atoms with E-state index in [1.165, 1.54) is 22.9 Å². The van der Waals surface area contributed by atoms with E-state index >= 15 is 4.39 Å². The molecule has 17 heteroatoms. The second-order valence-corrected chi connectivity index (χ2v) is 17.3. The van der Waals surface area contributed by atoms with E-state index in [0.29, 0.717) is 105 Å². The lowest BCUT2D eigenvalue weighted by atomic mass is 10.1. The van der Waals surface area contributed by atoms with Gasteiger partial charge in [-0.25, -0.2) is 18.6 Å². The highest BCUT2D eigenvalue weighted by Crippen LogP contribution is 2.38. The average Bonchev–Trinajstić information content (AvgIpc) is 3.88. The molecular formula is C48H58F2N8O7. The zero-order valence-corrected chi connectivity index (χ0v) is 37.5. The zero-order valence-electron chi connectivity index (χ0n) is 37.5. The molecule has 65 heavy (non-hydrogen) atoms. The third-order valence-corrected chi connectivity index (χ3v) is 12.0. The first-order valence-corrected chi connectivity index (χ1v) is 23.0. The monoisotopic (exact) mass is 896 g/mol. The first kappa shape index (κ1) is 45.3. The summed E-state index contributed by atoms with van der Waals surface area (Å²) in [4.78, 5) is 52.7. The number of carbonyl (C=O) groups is 2. The van der Waals surface area contributed by atoms with Crippen molar-refractivity contribution in [3.05, 3.63) is 82.8 Å². The van der Waals surface area contributed by atoms with Crippen molar-refractivity contribution in [1.82, 2.24) is 29.2 Å². The highest BCUT2D eigenvalue weighted by molar-refractivity contribution is 6.08. The smallest absolute Gasteiger partial charge is 0.410 e. The molecule has 0 unspecified atom stereocenters. The molecule has 1 saturated carbocycles. The van der Waals surface area contributed by atoms with Gasteiger partial charge in [0.15, 0.2) is 11.6 Å². The molecule has 15 nitrogen and oxygen atoms in total. The van der Waals surface area contributed by atoms with Crippen LogP contribution in [0.4, 0.5) is 25.1 Å². The fourth-order valence-corrected chi connectivity index (χ4v) is 8.28. The number of halogens is 2. The summed E-state index contributed by atoms with van der Waals surface area (Å²) < 4.78 is 56.5. The minimum absolute atomic E-state index is 0.000113. The van der Waals surface area contributed by atoms with Gasteiger partial charge in [0.05, 0.1) is 42.5 Å². The molecule has 2 atom stereocenters. The second kappa shape index (κ2) is 20.3. The lowest BCUT2D eigenvalue weighted by Gasteiger charge is -2.35. The number of piperidine rings is 2. The summed E-state index contributed by atoms with van der Waals surface area (Å²) in [5, 5.41) is 8.26. The van der Waals surface area contributed by atoms with E-state index in [-0.39, 0.29) is 47.8 Å². The van der Waals surface area contributed by atoms with Crippen molar-refractivity contribution in [3.63, 3.8) is 0 Å². The van der Waals surface area contributed by atoms with Crippen LogP contribution in [0.25, 0.3) is 22.0 Å². The summed E-state index contributed by atoms with van der Waals surface area (Å²) in [7, 11) is 0. The number of nitrogens with zero attached hydrogens (tertiary/aromatic N) is 7. The van der Waals surface area contributed by atoms with Crippen LogP contribution >= 0.6 is 0 Å². The number of pyridine rings is 3. The van der Waals surface area contributed by atoms with E-state index in [1.54, 1.807) is 35.4 Å². The molecule has 0 spiro atoms. The van der Waals surface area contributed by atoms with Crippen LogP contribution in [0.3, 0.4) is 0 Å². The molecular weight excluding hydrogens is 839 g/mol. The molecule has 5 aromatic rings. The van der Waals surface area contributed by atoms with Crippen molar-refractivity contribution < 1.29 is 37.3 Å². The Labute approximate surface area is 377 Å². The summed E-state index contributed by atoms with van der Waals surface area (Å²) in [6.45, 7) is 10.8. The fourth-order valence-electron chi connectivity index (χ4n) is 8.28. The third kappa shape index (κ3) is 10.7. The van der Waals surface area contributed by atoms with E-state index in [4.69, 9.17) is 24.0 Å². The number of anilines is 2. The van der Waals surface area contributed by atoms with Gasteiger partial charge in [-0.15, -0.1) is 0 Å². The summed E-state index contributed by atoms with van der Waals surface area (Å²) in [6.07, 6.45) is 9.45. The quantitative estimate of drug-likeness (QED) is 0.0890. The lowest BCUT2D eigenvalue weighted by molar-refractivity contribution is 0.0432. The Balaban J connectivity index is 0.848. The Morgan fingerprint density at radius 2 is 1.69 bits per heavy atom. The number of hydrogen-bond donors (Lipinski definition) is 1. The summed E-state index contributed by atoms with van der Waals surface area (Å²) in [5.41, 5.74) is 1.67. The second-order valence-electron chi connectivity index (χ2n) is 17.3. The first-order valence-electron chi connectivity index (χ1n) is 23.0. The normalized spacial score (nSPS) is 18.0. The molecule has 4 aromatic heterocycles. The highest BCUT2D eigenvalue weighted by Gasteiger charge is 2.40. The minimum Gasteiger partial charge on any atom is -0.490 e. The summed E-state index contributed by atoms with van der Waals surface area (Å²) >= 11 is 0. The number of nitrogens with one attached hydrogen (secondary N) is 1. The van der Waals surface area contributed by atoms with Gasteiger partial charge in [-0.3, -0.25) is 14.3 Å². The Morgan fingerprint density at radius 3 is 2.38 bits per heavy atom. The molecule has 8 rings (SSSR count). The topological polar surface area (TPSA) is 155 Å². The summed E-state index contributed by atoms with van der Waals surface area (Å²) in [5.74, 6) is 0.453. The van der Waals surface area contributed by atoms with Crippen LogP contribution in [0.5, 0.6) is 17.5 Å². The van der Waals surface area contributed by atoms with Crippen LogP contribution in [0.2, 0.25) is 0 Å². The standard InChI is InChI=1S/C48H58F2N8O7/c1-5-7-22-62-43-12-11-35(46(53-43)63-23-8-6-2)31-25-38(50)44(51-28-31)55-20-15-34(16-21-55)65-48(61)56-18-13-33(14-19-56)58-29-32-24-36(42(64-30(3)4)27-40(32)54-58)45(59)52-39-10-9-17-57(47(39)60)41-26-37(41)49/h9-12,17,24-25,27-30,33-34,37,41H,5-8,13-16,18-23,26H2,1-4H3,(H,52,59)/t37-,41+/m1/s1. The number of likely N-dealkylation sites (tertiary alicyclic amines) is 1. The number of alkyl halides is 1. The molecule has 6 heterocycles. The van der Waals surface area contributed by atoms with Crippen molar-refractivity contribution in [1.29, 1.82) is 0 Å². The van der Waals surface area contributed by atoms with Gasteiger partial charge in [-0.1, -0.05) is 26.7 Å². The van der Waals surface area contributed by atoms with E-state index in [9.17, 15) is 18.8 Å². The molecule has 0 bridgehead atoms. The Hall–Kier alpha value is -6.26. The number of hydrogen-bond acceptors (Lipinski definition) is 11. The molecule has 0 radical (unpaired) electrons. The summed E-state index contributed by atoms with van der Waals surface area (Å²) in [6, 6.07) is 11.1. The van der Waals surface area contributed by atoms with Crippen LogP contribution in [0, 0.1) is 5.82 Å². The molecule has 2 aliphatic heterocycles. The molecule has 2 amide bonds. The Morgan fingerprint density at radius 1 is 0.954 bits per heavy atom. The van der Waals surface area contributed by atoms with Gasteiger partial charge in [0.25, 0.3) is 11.5 Å². The van der Waals surface area contributed by atoms with Crippen LogP contribution in [-0.4, -0.2) is 99.0 Å². The molecule has 1 aliphatic carbocycles. The van der Waals surface area contributed by atoms with Crippen molar-refractivity contribution >= 4 is 34.4 Å². The predicted octanol–water partition coefficient (Wildman–Crippen LogP) is 8.92. The van der Waals surface area contributed by atoms with Gasteiger partial charge in [-0.2, -0.15) is 10.1 Å². The zero-order chi connectivity index (χ0) is 45.6. The number of benzene rings is 1. The molecule has 1 N–H and O–H groups in total. The number of ether oxygens (including phenoxy) is 4. The molecule has 346 valence electrons. The third-order valence-electron chi connectivity index (χ3n) is 12.0. The van der Waals surface area contributed by atoms with Gasteiger partial charge in [0.1, 0.15) is 23.7 Å². The molecule has 2 saturated heterocycles. The van der Waals surface area contributed by atoms with E-state index in [0.717, 1.165) is 25.7 Å². The molecule has 3 aliphatic rings.